The smallest absolute Gasteiger partial charge is 0.175 e. The van der Waals surface area contributed by atoms with Crippen molar-refractivity contribution in [3.63, 3.8) is 0 Å². The van der Waals surface area contributed by atoms with Crippen molar-refractivity contribution in [3.05, 3.63) is 50.6 Å². The molecule has 0 bridgehead atoms. The number of carbonyl (C=O) groups is 1. The number of Topliss-reactive ketones (excluding diaryl/α,β-unsaturated/α-hetero) is 1. The summed E-state index contributed by atoms with van der Waals surface area (Å²) >= 11 is 13.2. The summed E-state index contributed by atoms with van der Waals surface area (Å²) in [5.74, 6) is 0.576. The molecule has 0 radical (unpaired) electrons. The van der Waals surface area contributed by atoms with Crippen molar-refractivity contribution < 1.29 is 9.53 Å². The van der Waals surface area contributed by atoms with Crippen molar-refractivity contribution in [1.82, 2.24) is 0 Å². The van der Waals surface area contributed by atoms with E-state index in [9.17, 15) is 4.79 Å². The Hall–Kier alpha value is -1.03. The molecule has 0 N–H and O–H groups in total. The van der Waals surface area contributed by atoms with E-state index < -0.39 is 0 Å². The highest BCUT2D eigenvalue weighted by molar-refractivity contribution is 7.10. The first-order valence-electron chi connectivity index (χ1n) is 5.27. The Morgan fingerprint density at radius 1 is 1.28 bits per heavy atom. The van der Waals surface area contributed by atoms with Gasteiger partial charge in [0.2, 0.25) is 0 Å². The zero-order valence-electron chi connectivity index (χ0n) is 9.36. The van der Waals surface area contributed by atoms with Gasteiger partial charge in [0.25, 0.3) is 0 Å². The largest absolute Gasteiger partial charge is 0.486 e. The van der Waals surface area contributed by atoms with E-state index in [0.717, 1.165) is 4.88 Å². The van der Waals surface area contributed by atoms with E-state index in [1.807, 2.05) is 5.38 Å². The summed E-state index contributed by atoms with van der Waals surface area (Å²) in [5, 5.41) is 3.08. The minimum atomic E-state index is -0.0145. The fraction of sp³-hybridized carbons (Fsp3) is 0.154. The third-order valence-electron chi connectivity index (χ3n) is 2.24. The van der Waals surface area contributed by atoms with Gasteiger partial charge in [0.05, 0.1) is 5.02 Å². The Morgan fingerprint density at radius 3 is 2.78 bits per heavy atom. The van der Waals surface area contributed by atoms with E-state index in [1.54, 1.807) is 30.3 Å². The van der Waals surface area contributed by atoms with E-state index >= 15 is 0 Å². The van der Waals surface area contributed by atoms with Crippen LogP contribution in [0.4, 0.5) is 0 Å². The van der Waals surface area contributed by atoms with Crippen LogP contribution < -0.4 is 4.74 Å². The van der Waals surface area contributed by atoms with Gasteiger partial charge in [-0.05, 0) is 29.6 Å². The minimum absolute atomic E-state index is 0.0145. The summed E-state index contributed by atoms with van der Waals surface area (Å²) in [5.41, 5.74) is 0. The molecule has 0 saturated heterocycles. The van der Waals surface area contributed by atoms with Crippen LogP contribution in [-0.2, 0) is 11.2 Å². The summed E-state index contributed by atoms with van der Waals surface area (Å²) in [6.45, 7) is 0.0224. The van der Waals surface area contributed by atoms with Gasteiger partial charge in [-0.25, -0.2) is 0 Å². The second kappa shape index (κ2) is 6.23. The van der Waals surface area contributed by atoms with Crippen molar-refractivity contribution in [2.75, 3.05) is 6.61 Å². The Bertz CT molecular complexity index is 551. The van der Waals surface area contributed by atoms with Gasteiger partial charge in [0, 0.05) is 16.3 Å². The summed E-state index contributed by atoms with van der Waals surface area (Å²) < 4.78 is 5.36. The van der Waals surface area contributed by atoms with Crippen molar-refractivity contribution in [2.45, 2.75) is 6.42 Å². The maximum absolute atomic E-state index is 11.7. The van der Waals surface area contributed by atoms with Gasteiger partial charge < -0.3 is 4.74 Å². The molecule has 0 aliphatic carbocycles. The number of halogens is 2. The zero-order chi connectivity index (χ0) is 13.0. The summed E-state index contributed by atoms with van der Waals surface area (Å²) in [7, 11) is 0. The maximum atomic E-state index is 11.7. The topological polar surface area (TPSA) is 26.3 Å². The molecule has 0 spiro atoms. The Balaban J connectivity index is 1.87. The lowest BCUT2D eigenvalue weighted by atomic mass is 10.2. The number of carbonyl (C=O) groups excluding carboxylic acids is 1. The van der Waals surface area contributed by atoms with E-state index in [-0.39, 0.29) is 12.4 Å². The van der Waals surface area contributed by atoms with Crippen LogP contribution in [0.3, 0.4) is 0 Å². The second-order valence-corrected chi connectivity index (χ2v) is 5.50. The predicted molar refractivity (Wildman–Crippen MR) is 75.0 cm³/mol. The summed E-state index contributed by atoms with van der Waals surface area (Å²) in [6.07, 6.45) is 0.303. The zero-order valence-corrected chi connectivity index (χ0v) is 11.7. The molecule has 0 atom stereocenters. The third kappa shape index (κ3) is 3.73. The van der Waals surface area contributed by atoms with Gasteiger partial charge in [-0.15, -0.1) is 11.3 Å². The molecule has 5 heteroatoms. The molecular formula is C13H10Cl2O2S. The lowest BCUT2D eigenvalue weighted by Gasteiger charge is -2.05. The first-order valence-corrected chi connectivity index (χ1v) is 6.90. The van der Waals surface area contributed by atoms with Crippen LogP contribution in [0.5, 0.6) is 5.75 Å². The molecule has 0 unspecified atom stereocenters. The van der Waals surface area contributed by atoms with Crippen molar-refractivity contribution in [1.29, 1.82) is 0 Å². The van der Waals surface area contributed by atoms with Gasteiger partial charge in [0.15, 0.2) is 5.78 Å². The minimum Gasteiger partial charge on any atom is -0.486 e. The first kappa shape index (κ1) is 13.4. The first-order chi connectivity index (χ1) is 8.65. The quantitative estimate of drug-likeness (QED) is 0.825. The molecule has 0 aliphatic heterocycles. The fourth-order valence-corrected chi connectivity index (χ4v) is 2.71. The lowest BCUT2D eigenvalue weighted by Crippen LogP contribution is -2.13. The normalized spacial score (nSPS) is 10.3. The molecule has 2 nitrogen and oxygen atoms in total. The average molecular weight is 301 g/mol. The highest BCUT2D eigenvalue weighted by Crippen LogP contribution is 2.23. The van der Waals surface area contributed by atoms with Crippen molar-refractivity contribution >= 4 is 40.3 Å². The molecule has 0 fully saturated rings. The number of hydrogen-bond donors (Lipinski definition) is 0. The monoisotopic (exact) mass is 300 g/mol. The van der Waals surface area contributed by atoms with Gasteiger partial charge >= 0.3 is 0 Å². The Morgan fingerprint density at radius 2 is 2.11 bits per heavy atom. The van der Waals surface area contributed by atoms with E-state index in [2.05, 4.69) is 0 Å². The number of ether oxygens (including phenoxy) is 1. The molecular weight excluding hydrogens is 291 g/mol. The van der Waals surface area contributed by atoms with Crippen LogP contribution in [0.2, 0.25) is 10.0 Å². The van der Waals surface area contributed by atoms with Crippen molar-refractivity contribution in [2.24, 2.45) is 0 Å². The highest BCUT2D eigenvalue weighted by Gasteiger charge is 2.09. The van der Waals surface area contributed by atoms with Crippen LogP contribution in [0, 0.1) is 0 Å². The number of rotatable bonds is 5. The molecule has 1 aromatic carbocycles. The standard InChI is InChI=1S/C13H10Cl2O2S/c14-9-2-1-3-11(6-9)17-8-10(16)7-13-12(15)4-5-18-13/h1-6H,7-8H2. The van der Waals surface area contributed by atoms with Crippen LogP contribution in [0.25, 0.3) is 0 Å². The lowest BCUT2D eigenvalue weighted by molar-refractivity contribution is -0.120. The Kier molecular flexibility index (Phi) is 4.64. The highest BCUT2D eigenvalue weighted by atomic mass is 35.5. The number of thiophene rings is 1. The Labute approximate surface area is 119 Å². The van der Waals surface area contributed by atoms with Gasteiger partial charge in [-0.2, -0.15) is 0 Å². The number of hydrogen-bond acceptors (Lipinski definition) is 3. The molecule has 94 valence electrons. The van der Waals surface area contributed by atoms with Gasteiger partial charge in [-0.3, -0.25) is 4.79 Å². The summed E-state index contributed by atoms with van der Waals surface area (Å²) in [6, 6.07) is 8.75. The average Bonchev–Trinajstić information content (AvgIpc) is 2.73. The fourth-order valence-electron chi connectivity index (χ4n) is 1.40. The number of ketones is 1. The van der Waals surface area contributed by atoms with Crippen LogP contribution in [0.1, 0.15) is 4.88 Å². The maximum Gasteiger partial charge on any atom is 0.175 e. The molecule has 1 aromatic heterocycles. The molecule has 2 rings (SSSR count). The molecule has 0 saturated carbocycles. The van der Waals surface area contributed by atoms with E-state index in [4.69, 9.17) is 27.9 Å². The summed E-state index contributed by atoms with van der Waals surface area (Å²) in [4.78, 5) is 12.6. The van der Waals surface area contributed by atoms with Crippen LogP contribution >= 0.6 is 34.5 Å². The second-order valence-electron chi connectivity index (χ2n) is 3.65. The van der Waals surface area contributed by atoms with Gasteiger partial charge in [0.1, 0.15) is 12.4 Å². The van der Waals surface area contributed by atoms with E-state index in [0.29, 0.717) is 22.2 Å². The van der Waals surface area contributed by atoms with Gasteiger partial charge in [-0.1, -0.05) is 29.3 Å². The molecule has 1 heterocycles. The third-order valence-corrected chi connectivity index (χ3v) is 3.87. The van der Waals surface area contributed by atoms with Crippen LogP contribution in [-0.4, -0.2) is 12.4 Å². The van der Waals surface area contributed by atoms with Crippen LogP contribution in [0.15, 0.2) is 35.7 Å². The molecule has 0 aliphatic rings. The number of benzene rings is 1. The SMILES string of the molecule is O=C(COc1cccc(Cl)c1)Cc1sccc1Cl. The van der Waals surface area contributed by atoms with Crippen molar-refractivity contribution in [3.8, 4) is 5.75 Å². The molecule has 18 heavy (non-hydrogen) atoms. The molecule has 2 aromatic rings. The molecule has 0 amide bonds. The van der Waals surface area contributed by atoms with E-state index in [1.165, 1.54) is 11.3 Å². The predicted octanol–water partition coefficient (Wildman–Crippen LogP) is 4.25.